The lowest BCUT2D eigenvalue weighted by Crippen LogP contribution is -2.13. The average molecular weight is 307 g/mol. The molecule has 21 heavy (non-hydrogen) atoms. The number of halogens is 1. The van der Waals surface area contributed by atoms with E-state index in [0.29, 0.717) is 10.7 Å². The van der Waals surface area contributed by atoms with E-state index in [9.17, 15) is 14.9 Å². The number of nitrogens with zero attached hydrogens (tertiary/aromatic N) is 1. The molecule has 0 unspecified atom stereocenters. The fourth-order valence-corrected chi connectivity index (χ4v) is 1.94. The number of benzene rings is 2. The highest BCUT2D eigenvalue weighted by atomic mass is 35.5. The molecule has 0 saturated carbocycles. The molecule has 0 aromatic heterocycles. The second-order valence-electron chi connectivity index (χ2n) is 4.11. The van der Waals surface area contributed by atoms with Crippen molar-refractivity contribution in [1.29, 1.82) is 0 Å². The molecule has 1 N–H and O–H groups in total. The van der Waals surface area contributed by atoms with Gasteiger partial charge in [-0.1, -0.05) is 17.7 Å². The van der Waals surface area contributed by atoms with Crippen molar-refractivity contribution in [2.75, 3.05) is 12.4 Å². The van der Waals surface area contributed by atoms with Crippen LogP contribution in [0, 0.1) is 10.1 Å². The molecule has 0 spiro atoms. The number of nitro benzene ring substituents is 1. The van der Waals surface area contributed by atoms with Crippen LogP contribution in [-0.2, 0) is 0 Å². The van der Waals surface area contributed by atoms with Crippen molar-refractivity contribution in [1.82, 2.24) is 0 Å². The summed E-state index contributed by atoms with van der Waals surface area (Å²) in [4.78, 5) is 22.4. The van der Waals surface area contributed by atoms with Crippen LogP contribution in [0.15, 0.2) is 42.5 Å². The Morgan fingerprint density at radius 3 is 2.67 bits per heavy atom. The monoisotopic (exact) mass is 306 g/mol. The quantitative estimate of drug-likeness (QED) is 0.692. The average Bonchev–Trinajstić information content (AvgIpc) is 2.46. The Kier molecular flexibility index (Phi) is 4.39. The van der Waals surface area contributed by atoms with Gasteiger partial charge in [0.2, 0.25) is 0 Å². The van der Waals surface area contributed by atoms with E-state index in [-0.39, 0.29) is 17.0 Å². The van der Waals surface area contributed by atoms with E-state index in [0.717, 1.165) is 0 Å². The lowest BCUT2D eigenvalue weighted by atomic mass is 10.1. The van der Waals surface area contributed by atoms with Crippen LogP contribution in [0.1, 0.15) is 10.4 Å². The Bertz CT molecular complexity index is 703. The molecule has 2 rings (SSSR count). The molecule has 0 radical (unpaired) electrons. The van der Waals surface area contributed by atoms with Gasteiger partial charge in [-0.2, -0.15) is 0 Å². The topological polar surface area (TPSA) is 81.5 Å². The van der Waals surface area contributed by atoms with Gasteiger partial charge in [0.1, 0.15) is 5.75 Å². The Morgan fingerprint density at radius 1 is 1.29 bits per heavy atom. The second kappa shape index (κ2) is 6.23. The third-order valence-electron chi connectivity index (χ3n) is 2.72. The number of nitrogens with one attached hydrogen (secondary N) is 1. The van der Waals surface area contributed by atoms with Crippen LogP contribution in [0.4, 0.5) is 11.4 Å². The van der Waals surface area contributed by atoms with Crippen molar-refractivity contribution < 1.29 is 14.5 Å². The van der Waals surface area contributed by atoms with Gasteiger partial charge < -0.3 is 10.1 Å². The number of non-ortho nitro benzene ring substituents is 1. The van der Waals surface area contributed by atoms with Gasteiger partial charge in [0.25, 0.3) is 11.6 Å². The molecule has 2 aromatic carbocycles. The van der Waals surface area contributed by atoms with Gasteiger partial charge in [-0.15, -0.1) is 0 Å². The smallest absolute Gasteiger partial charge is 0.270 e. The minimum atomic E-state index is -0.574. The van der Waals surface area contributed by atoms with Crippen molar-refractivity contribution in [3.05, 3.63) is 63.2 Å². The Hall–Kier alpha value is -2.60. The lowest BCUT2D eigenvalue weighted by Gasteiger charge is -2.09. The van der Waals surface area contributed by atoms with Crippen LogP contribution in [0.3, 0.4) is 0 Å². The van der Waals surface area contributed by atoms with E-state index in [2.05, 4.69) is 5.32 Å². The molecule has 0 atom stereocenters. The number of nitro groups is 1. The molecule has 0 aliphatic carbocycles. The van der Waals surface area contributed by atoms with E-state index in [1.807, 2.05) is 0 Å². The summed E-state index contributed by atoms with van der Waals surface area (Å²) in [5.74, 6) is -0.266. The van der Waals surface area contributed by atoms with Gasteiger partial charge in [-0.3, -0.25) is 14.9 Å². The minimum Gasteiger partial charge on any atom is -0.496 e. The summed E-state index contributed by atoms with van der Waals surface area (Å²) in [6.07, 6.45) is 0. The number of methoxy groups -OCH3 is 1. The van der Waals surface area contributed by atoms with Crippen LogP contribution < -0.4 is 10.1 Å². The number of carbonyl (C=O) groups excluding carboxylic acids is 1. The predicted molar refractivity (Wildman–Crippen MR) is 79.1 cm³/mol. The zero-order valence-corrected chi connectivity index (χ0v) is 11.8. The zero-order valence-electron chi connectivity index (χ0n) is 11.0. The molecule has 0 aliphatic heterocycles. The summed E-state index contributed by atoms with van der Waals surface area (Å²) in [5.41, 5.74) is 0.375. The summed E-state index contributed by atoms with van der Waals surface area (Å²) >= 11 is 5.83. The Balaban J connectivity index is 2.33. The Morgan fingerprint density at radius 2 is 2.05 bits per heavy atom. The van der Waals surface area contributed by atoms with Crippen LogP contribution in [0.5, 0.6) is 5.75 Å². The molecule has 0 bridgehead atoms. The van der Waals surface area contributed by atoms with Crippen molar-refractivity contribution in [3.63, 3.8) is 0 Å². The standard InChI is InChI=1S/C14H11ClN2O4/c1-21-13-6-5-11(17(19)20)8-12(13)14(18)16-10-4-2-3-9(15)7-10/h2-8H,1H3,(H,16,18). The van der Waals surface area contributed by atoms with Gasteiger partial charge in [-0.05, 0) is 24.3 Å². The third-order valence-corrected chi connectivity index (χ3v) is 2.96. The number of ether oxygens (including phenoxy) is 1. The molecule has 6 nitrogen and oxygen atoms in total. The van der Waals surface area contributed by atoms with E-state index < -0.39 is 10.8 Å². The summed E-state index contributed by atoms with van der Waals surface area (Å²) in [7, 11) is 1.39. The van der Waals surface area contributed by atoms with E-state index >= 15 is 0 Å². The molecule has 2 aromatic rings. The summed E-state index contributed by atoms with van der Waals surface area (Å²) in [6.45, 7) is 0. The van der Waals surface area contributed by atoms with E-state index in [4.69, 9.17) is 16.3 Å². The first-order valence-corrected chi connectivity index (χ1v) is 6.28. The number of hydrogen-bond donors (Lipinski definition) is 1. The molecular formula is C14H11ClN2O4. The zero-order chi connectivity index (χ0) is 15.4. The van der Waals surface area contributed by atoms with Crippen molar-refractivity contribution in [3.8, 4) is 5.75 Å². The largest absolute Gasteiger partial charge is 0.496 e. The van der Waals surface area contributed by atoms with Crippen LogP contribution in [0.2, 0.25) is 5.02 Å². The molecular weight excluding hydrogens is 296 g/mol. The highest BCUT2D eigenvalue weighted by molar-refractivity contribution is 6.31. The summed E-state index contributed by atoms with van der Waals surface area (Å²) < 4.78 is 5.05. The maximum Gasteiger partial charge on any atom is 0.270 e. The number of anilines is 1. The van der Waals surface area contributed by atoms with Crippen LogP contribution in [0.25, 0.3) is 0 Å². The number of rotatable bonds is 4. The van der Waals surface area contributed by atoms with Crippen molar-refractivity contribution >= 4 is 28.9 Å². The first-order valence-electron chi connectivity index (χ1n) is 5.90. The van der Waals surface area contributed by atoms with Crippen molar-refractivity contribution in [2.45, 2.75) is 0 Å². The fourth-order valence-electron chi connectivity index (χ4n) is 1.75. The summed E-state index contributed by atoms with van der Waals surface area (Å²) in [5, 5.41) is 13.9. The van der Waals surface area contributed by atoms with Gasteiger partial charge in [-0.25, -0.2) is 0 Å². The van der Waals surface area contributed by atoms with E-state index in [1.54, 1.807) is 24.3 Å². The SMILES string of the molecule is COc1ccc([N+](=O)[O-])cc1C(=O)Nc1cccc(Cl)c1. The minimum absolute atomic E-state index is 0.0756. The van der Waals surface area contributed by atoms with Crippen LogP contribution in [-0.4, -0.2) is 17.9 Å². The molecule has 0 saturated heterocycles. The molecule has 1 amide bonds. The van der Waals surface area contributed by atoms with E-state index in [1.165, 1.54) is 25.3 Å². The fraction of sp³-hybridized carbons (Fsp3) is 0.0714. The van der Waals surface area contributed by atoms with Crippen LogP contribution >= 0.6 is 11.6 Å². The maximum absolute atomic E-state index is 12.2. The second-order valence-corrected chi connectivity index (χ2v) is 4.54. The maximum atomic E-state index is 12.2. The van der Waals surface area contributed by atoms with Gasteiger partial charge >= 0.3 is 0 Å². The highest BCUT2D eigenvalue weighted by Crippen LogP contribution is 2.25. The molecule has 108 valence electrons. The third kappa shape index (κ3) is 3.49. The first-order chi connectivity index (χ1) is 10.0. The molecule has 0 heterocycles. The number of carbonyl (C=O) groups is 1. The van der Waals surface area contributed by atoms with Gasteiger partial charge in [0.15, 0.2) is 0 Å². The predicted octanol–water partition coefficient (Wildman–Crippen LogP) is 3.51. The summed E-state index contributed by atoms with van der Waals surface area (Å²) in [6, 6.07) is 10.4. The highest BCUT2D eigenvalue weighted by Gasteiger charge is 2.17. The molecule has 7 heteroatoms. The number of amides is 1. The van der Waals surface area contributed by atoms with Gasteiger partial charge in [0.05, 0.1) is 17.6 Å². The molecule has 0 fully saturated rings. The molecule has 0 aliphatic rings. The normalized spacial score (nSPS) is 10.0. The van der Waals surface area contributed by atoms with Gasteiger partial charge in [0, 0.05) is 22.8 Å². The first kappa shape index (κ1) is 14.8. The number of hydrogen-bond acceptors (Lipinski definition) is 4. The lowest BCUT2D eigenvalue weighted by molar-refractivity contribution is -0.384. The Labute approximate surface area is 125 Å². The van der Waals surface area contributed by atoms with Crippen molar-refractivity contribution in [2.24, 2.45) is 0 Å².